The molecule has 0 bridgehead atoms. The Labute approximate surface area is 121 Å². The molecular weight excluding hydrogens is 272 g/mol. The highest BCUT2D eigenvalue weighted by atomic mass is 32.2. The van der Waals surface area contributed by atoms with E-state index < -0.39 is 10.0 Å². The molecule has 2 saturated heterocycles. The fourth-order valence-corrected chi connectivity index (χ4v) is 5.00. The van der Waals surface area contributed by atoms with Gasteiger partial charge in [0.15, 0.2) is 0 Å². The fourth-order valence-electron chi connectivity index (χ4n) is 3.47. The van der Waals surface area contributed by atoms with Crippen molar-refractivity contribution in [2.24, 2.45) is 0 Å². The summed E-state index contributed by atoms with van der Waals surface area (Å²) in [7, 11) is -3.39. The van der Waals surface area contributed by atoms with Crippen LogP contribution in [-0.4, -0.2) is 38.5 Å². The van der Waals surface area contributed by atoms with E-state index in [1.165, 1.54) is 19.4 Å². The van der Waals surface area contributed by atoms with Crippen LogP contribution in [0.4, 0.5) is 0 Å². The molecule has 2 unspecified atom stereocenters. The zero-order valence-corrected chi connectivity index (χ0v) is 12.7. The summed E-state index contributed by atoms with van der Waals surface area (Å²) in [6.07, 6.45) is 4.33. The van der Waals surface area contributed by atoms with Crippen LogP contribution in [0.15, 0.2) is 29.2 Å². The zero-order valence-electron chi connectivity index (χ0n) is 11.9. The van der Waals surface area contributed by atoms with Crippen molar-refractivity contribution >= 4 is 10.0 Å². The molecule has 2 atom stereocenters. The summed E-state index contributed by atoms with van der Waals surface area (Å²) in [5.74, 6) is 0. The molecule has 0 radical (unpaired) electrons. The Balaban J connectivity index is 1.72. The summed E-state index contributed by atoms with van der Waals surface area (Å²) < 4.78 is 27.9. The van der Waals surface area contributed by atoms with Crippen molar-refractivity contribution in [3.05, 3.63) is 29.8 Å². The zero-order chi connectivity index (χ0) is 14.2. The molecule has 2 fully saturated rings. The van der Waals surface area contributed by atoms with E-state index in [4.69, 9.17) is 0 Å². The van der Waals surface area contributed by atoms with Gasteiger partial charge in [0, 0.05) is 12.1 Å². The Hall–Kier alpha value is -0.910. The molecule has 0 amide bonds. The van der Waals surface area contributed by atoms with Crippen LogP contribution in [0.5, 0.6) is 0 Å². The van der Waals surface area contributed by atoms with Crippen molar-refractivity contribution in [2.75, 3.05) is 13.1 Å². The molecule has 3 rings (SSSR count). The lowest BCUT2D eigenvalue weighted by molar-refractivity contribution is 0.176. The molecule has 4 nitrogen and oxygen atoms in total. The highest BCUT2D eigenvalue weighted by Crippen LogP contribution is 2.27. The summed E-state index contributed by atoms with van der Waals surface area (Å²) in [4.78, 5) is 2.91. The molecule has 0 aliphatic carbocycles. The number of rotatable bonds is 3. The molecule has 1 aromatic rings. The molecule has 2 aliphatic rings. The van der Waals surface area contributed by atoms with Crippen LogP contribution in [0.3, 0.4) is 0 Å². The van der Waals surface area contributed by atoms with Crippen LogP contribution in [0.1, 0.15) is 31.2 Å². The number of benzene rings is 1. The van der Waals surface area contributed by atoms with Crippen molar-refractivity contribution in [1.29, 1.82) is 0 Å². The SMILES string of the molecule is Cc1ccccc1S(=O)(=O)NC1CCN2CCCC2C1. The van der Waals surface area contributed by atoms with Crippen molar-refractivity contribution < 1.29 is 8.42 Å². The first-order chi connectivity index (χ1) is 9.56. The Bertz CT molecular complexity index is 585. The second-order valence-electron chi connectivity index (χ2n) is 5.94. The molecular formula is C15H22N2O2S. The number of nitrogens with one attached hydrogen (secondary N) is 1. The minimum atomic E-state index is -3.39. The monoisotopic (exact) mass is 294 g/mol. The predicted molar refractivity (Wildman–Crippen MR) is 79.1 cm³/mol. The lowest BCUT2D eigenvalue weighted by Gasteiger charge is -2.35. The van der Waals surface area contributed by atoms with E-state index in [1.807, 2.05) is 19.1 Å². The predicted octanol–water partition coefficient (Wildman–Crippen LogP) is 1.90. The largest absolute Gasteiger partial charge is 0.300 e. The molecule has 0 aromatic heterocycles. The number of piperidine rings is 1. The van der Waals surface area contributed by atoms with Gasteiger partial charge in [-0.3, -0.25) is 0 Å². The van der Waals surface area contributed by atoms with E-state index in [1.54, 1.807) is 12.1 Å². The summed E-state index contributed by atoms with van der Waals surface area (Å²) in [6.45, 7) is 4.04. The quantitative estimate of drug-likeness (QED) is 0.926. The third-order valence-electron chi connectivity index (χ3n) is 4.53. The van der Waals surface area contributed by atoms with Gasteiger partial charge in [-0.05, 0) is 57.3 Å². The van der Waals surface area contributed by atoms with Gasteiger partial charge < -0.3 is 4.90 Å². The van der Waals surface area contributed by atoms with Gasteiger partial charge in [-0.2, -0.15) is 0 Å². The molecule has 110 valence electrons. The van der Waals surface area contributed by atoms with Gasteiger partial charge in [0.05, 0.1) is 4.90 Å². The smallest absolute Gasteiger partial charge is 0.241 e. The Morgan fingerprint density at radius 1 is 1.20 bits per heavy atom. The van der Waals surface area contributed by atoms with Crippen molar-refractivity contribution in [3.8, 4) is 0 Å². The third kappa shape index (κ3) is 2.75. The fraction of sp³-hybridized carbons (Fsp3) is 0.600. The topological polar surface area (TPSA) is 49.4 Å². The van der Waals surface area contributed by atoms with Gasteiger partial charge >= 0.3 is 0 Å². The van der Waals surface area contributed by atoms with Gasteiger partial charge in [0.2, 0.25) is 10.0 Å². The molecule has 2 aliphatic heterocycles. The number of aryl methyl sites for hydroxylation is 1. The molecule has 1 N–H and O–H groups in total. The maximum absolute atomic E-state index is 12.5. The number of nitrogens with zero attached hydrogens (tertiary/aromatic N) is 1. The van der Waals surface area contributed by atoms with Crippen molar-refractivity contribution in [3.63, 3.8) is 0 Å². The molecule has 20 heavy (non-hydrogen) atoms. The molecule has 0 spiro atoms. The Morgan fingerprint density at radius 2 is 2.00 bits per heavy atom. The highest BCUT2D eigenvalue weighted by molar-refractivity contribution is 7.89. The number of sulfonamides is 1. The second-order valence-corrected chi connectivity index (χ2v) is 7.62. The maximum Gasteiger partial charge on any atom is 0.241 e. The maximum atomic E-state index is 12.5. The van der Waals surface area contributed by atoms with E-state index in [0.29, 0.717) is 10.9 Å². The standard InChI is InChI=1S/C15H22N2O2S/c1-12-5-2-3-7-15(12)20(18,19)16-13-8-10-17-9-4-6-14(17)11-13/h2-3,5,7,13-14,16H,4,6,8-11H2,1H3. The first-order valence-corrected chi connectivity index (χ1v) is 8.86. The summed E-state index contributed by atoms with van der Waals surface area (Å²) in [6, 6.07) is 7.83. The minimum Gasteiger partial charge on any atom is -0.300 e. The third-order valence-corrected chi connectivity index (χ3v) is 6.21. The first-order valence-electron chi connectivity index (χ1n) is 7.38. The van der Waals surface area contributed by atoms with Crippen molar-refractivity contribution in [1.82, 2.24) is 9.62 Å². The first kappa shape index (κ1) is 14.0. The average Bonchev–Trinajstić information content (AvgIpc) is 2.86. The highest BCUT2D eigenvalue weighted by Gasteiger charge is 2.33. The second kappa shape index (κ2) is 5.47. The lowest BCUT2D eigenvalue weighted by atomic mass is 9.99. The average molecular weight is 294 g/mol. The van der Waals surface area contributed by atoms with Gasteiger partial charge in [0.25, 0.3) is 0 Å². The Morgan fingerprint density at radius 3 is 2.80 bits per heavy atom. The van der Waals surface area contributed by atoms with E-state index in [0.717, 1.165) is 24.9 Å². The van der Waals surface area contributed by atoms with Crippen molar-refractivity contribution in [2.45, 2.75) is 49.6 Å². The van der Waals surface area contributed by atoms with Crippen LogP contribution in [0, 0.1) is 6.92 Å². The normalized spacial score (nSPS) is 27.4. The van der Waals surface area contributed by atoms with E-state index >= 15 is 0 Å². The summed E-state index contributed by atoms with van der Waals surface area (Å²) in [5, 5.41) is 0. The van der Waals surface area contributed by atoms with Crippen LogP contribution >= 0.6 is 0 Å². The van der Waals surface area contributed by atoms with Crippen LogP contribution in [0.2, 0.25) is 0 Å². The van der Waals surface area contributed by atoms with Crippen LogP contribution in [0.25, 0.3) is 0 Å². The molecule has 2 heterocycles. The van der Waals surface area contributed by atoms with Crippen LogP contribution < -0.4 is 4.72 Å². The van der Waals surface area contributed by atoms with Gasteiger partial charge in [0.1, 0.15) is 0 Å². The Kier molecular flexibility index (Phi) is 3.84. The molecule has 0 saturated carbocycles. The van der Waals surface area contributed by atoms with Gasteiger partial charge in [-0.15, -0.1) is 0 Å². The molecule has 5 heteroatoms. The van der Waals surface area contributed by atoms with Gasteiger partial charge in [-0.1, -0.05) is 18.2 Å². The lowest BCUT2D eigenvalue weighted by Crippen LogP contribution is -2.47. The molecule has 1 aromatic carbocycles. The number of hydrogen-bond donors (Lipinski definition) is 1. The number of hydrogen-bond acceptors (Lipinski definition) is 3. The summed E-state index contributed by atoms with van der Waals surface area (Å²) >= 11 is 0. The van der Waals surface area contributed by atoms with Gasteiger partial charge in [-0.25, -0.2) is 13.1 Å². The van der Waals surface area contributed by atoms with E-state index in [9.17, 15) is 8.42 Å². The van der Waals surface area contributed by atoms with E-state index in [2.05, 4.69) is 9.62 Å². The van der Waals surface area contributed by atoms with Crippen LogP contribution in [-0.2, 0) is 10.0 Å². The summed E-state index contributed by atoms with van der Waals surface area (Å²) in [5.41, 5.74) is 0.804. The van der Waals surface area contributed by atoms with E-state index in [-0.39, 0.29) is 6.04 Å². The minimum absolute atomic E-state index is 0.0824. The number of fused-ring (bicyclic) bond motifs is 1.